The van der Waals surface area contributed by atoms with Crippen molar-refractivity contribution in [3.05, 3.63) is 26.3 Å². The van der Waals surface area contributed by atoms with Crippen molar-refractivity contribution in [1.82, 2.24) is 4.98 Å². The third-order valence-electron chi connectivity index (χ3n) is 2.94. The summed E-state index contributed by atoms with van der Waals surface area (Å²) in [7, 11) is 0. The molecule has 7 heteroatoms. The second kappa shape index (κ2) is 5.62. The van der Waals surface area contributed by atoms with Crippen LogP contribution < -0.4 is 5.32 Å². The number of hydrogen-bond donors (Lipinski definition) is 1. The number of anilines is 1. The Labute approximate surface area is 113 Å². The summed E-state index contributed by atoms with van der Waals surface area (Å²) in [4.78, 5) is 14.4. The van der Waals surface area contributed by atoms with E-state index in [-0.39, 0.29) is 11.7 Å². The fourth-order valence-corrected chi connectivity index (χ4v) is 2.32. The van der Waals surface area contributed by atoms with Crippen LogP contribution in [0.2, 0.25) is 0 Å². The number of hydrogen-bond acceptors (Lipinski definition) is 5. The highest BCUT2D eigenvalue weighted by Crippen LogP contribution is 2.31. The van der Waals surface area contributed by atoms with Gasteiger partial charge in [0.25, 0.3) is 5.69 Å². The lowest BCUT2D eigenvalue weighted by Gasteiger charge is -2.24. The fraction of sp³-hybridized carbons (Fsp3) is 0.545. The summed E-state index contributed by atoms with van der Waals surface area (Å²) >= 11 is 3.36. The van der Waals surface area contributed by atoms with Gasteiger partial charge in [0, 0.05) is 12.2 Å². The van der Waals surface area contributed by atoms with Gasteiger partial charge < -0.3 is 10.1 Å². The molecular weight excluding hydrogens is 302 g/mol. The molecule has 1 unspecified atom stereocenters. The number of nitro groups is 1. The largest absolute Gasteiger partial charge is 0.379 e. The molecule has 18 heavy (non-hydrogen) atoms. The molecule has 1 fully saturated rings. The smallest absolute Gasteiger partial charge is 0.291 e. The minimum atomic E-state index is -0.430. The lowest BCUT2D eigenvalue weighted by Crippen LogP contribution is -2.30. The Balaban J connectivity index is 2.18. The van der Waals surface area contributed by atoms with Gasteiger partial charge >= 0.3 is 0 Å². The highest BCUT2D eigenvalue weighted by Gasteiger charge is 2.20. The number of halogens is 1. The zero-order valence-corrected chi connectivity index (χ0v) is 11.6. The molecule has 0 amide bonds. The summed E-state index contributed by atoms with van der Waals surface area (Å²) < 4.78 is 6.01. The van der Waals surface area contributed by atoms with Crippen LogP contribution in [0.15, 0.2) is 10.7 Å². The van der Waals surface area contributed by atoms with Crippen LogP contribution in [-0.4, -0.2) is 29.2 Å². The molecular formula is C11H14BrN3O3. The zero-order chi connectivity index (χ0) is 13.1. The first-order valence-electron chi connectivity index (χ1n) is 5.73. The number of ether oxygens (including phenoxy) is 1. The van der Waals surface area contributed by atoms with Crippen LogP contribution in [0.1, 0.15) is 18.4 Å². The molecule has 1 atom stereocenters. The van der Waals surface area contributed by atoms with Crippen LogP contribution >= 0.6 is 15.9 Å². The van der Waals surface area contributed by atoms with Crippen LogP contribution in [0.4, 0.5) is 11.5 Å². The lowest BCUT2D eigenvalue weighted by molar-refractivity contribution is -0.385. The monoisotopic (exact) mass is 315 g/mol. The van der Waals surface area contributed by atoms with E-state index in [0.29, 0.717) is 22.5 Å². The van der Waals surface area contributed by atoms with Gasteiger partial charge in [0.05, 0.1) is 22.0 Å². The van der Waals surface area contributed by atoms with Crippen molar-refractivity contribution in [2.24, 2.45) is 0 Å². The third-order valence-corrected chi connectivity index (χ3v) is 3.91. The van der Waals surface area contributed by atoms with E-state index in [1.54, 1.807) is 6.92 Å². The molecule has 0 radical (unpaired) electrons. The summed E-state index contributed by atoms with van der Waals surface area (Å²) in [5.74, 6) is 0.633. The van der Waals surface area contributed by atoms with Crippen molar-refractivity contribution in [3.8, 4) is 0 Å². The SMILES string of the molecule is Cc1c([N+](=O)[O-])cnc(NC2CCCOC2)c1Br. The summed E-state index contributed by atoms with van der Waals surface area (Å²) in [5.41, 5.74) is 0.599. The predicted octanol–water partition coefficient (Wildman–Crippen LogP) is 2.65. The average molecular weight is 316 g/mol. The van der Waals surface area contributed by atoms with Crippen LogP contribution in [0.3, 0.4) is 0 Å². The van der Waals surface area contributed by atoms with Gasteiger partial charge in [-0.15, -0.1) is 0 Å². The van der Waals surface area contributed by atoms with Crippen LogP contribution in [0.25, 0.3) is 0 Å². The molecule has 0 aromatic carbocycles. The van der Waals surface area contributed by atoms with Gasteiger partial charge in [0.2, 0.25) is 0 Å². The fourth-order valence-electron chi connectivity index (χ4n) is 1.90. The maximum Gasteiger partial charge on any atom is 0.291 e. The summed E-state index contributed by atoms with van der Waals surface area (Å²) in [6.07, 6.45) is 3.32. The predicted molar refractivity (Wildman–Crippen MR) is 70.8 cm³/mol. The molecule has 1 saturated heterocycles. The van der Waals surface area contributed by atoms with Crippen molar-refractivity contribution in [3.63, 3.8) is 0 Å². The maximum atomic E-state index is 10.8. The topological polar surface area (TPSA) is 77.3 Å². The molecule has 1 N–H and O–H groups in total. The number of nitrogens with one attached hydrogen (secondary N) is 1. The van der Waals surface area contributed by atoms with E-state index in [0.717, 1.165) is 19.4 Å². The molecule has 6 nitrogen and oxygen atoms in total. The minimum Gasteiger partial charge on any atom is -0.379 e. The molecule has 0 spiro atoms. The number of pyridine rings is 1. The molecule has 1 aromatic rings. The van der Waals surface area contributed by atoms with Crippen LogP contribution in [0.5, 0.6) is 0 Å². The molecule has 1 aliphatic heterocycles. The number of aromatic nitrogens is 1. The molecule has 1 aromatic heterocycles. The Morgan fingerprint density at radius 3 is 3.06 bits per heavy atom. The first-order chi connectivity index (χ1) is 8.59. The van der Waals surface area contributed by atoms with E-state index in [2.05, 4.69) is 26.2 Å². The highest BCUT2D eigenvalue weighted by molar-refractivity contribution is 9.10. The lowest BCUT2D eigenvalue weighted by atomic mass is 10.1. The van der Waals surface area contributed by atoms with E-state index < -0.39 is 4.92 Å². The van der Waals surface area contributed by atoms with Crippen molar-refractivity contribution in [2.75, 3.05) is 18.5 Å². The highest BCUT2D eigenvalue weighted by atomic mass is 79.9. The first kappa shape index (κ1) is 13.2. The van der Waals surface area contributed by atoms with Gasteiger partial charge in [0.15, 0.2) is 0 Å². The van der Waals surface area contributed by atoms with Crippen molar-refractivity contribution in [2.45, 2.75) is 25.8 Å². The Hall–Kier alpha value is -1.21. The Morgan fingerprint density at radius 2 is 2.44 bits per heavy atom. The summed E-state index contributed by atoms with van der Waals surface area (Å²) in [5, 5.41) is 14.0. The van der Waals surface area contributed by atoms with Crippen molar-refractivity contribution < 1.29 is 9.66 Å². The molecule has 2 rings (SSSR count). The van der Waals surface area contributed by atoms with Gasteiger partial charge in [-0.2, -0.15) is 0 Å². The van der Waals surface area contributed by atoms with Gasteiger partial charge in [0.1, 0.15) is 12.0 Å². The molecule has 0 aliphatic carbocycles. The van der Waals surface area contributed by atoms with E-state index in [4.69, 9.17) is 4.74 Å². The van der Waals surface area contributed by atoms with Crippen molar-refractivity contribution in [1.29, 1.82) is 0 Å². The summed E-state index contributed by atoms with van der Waals surface area (Å²) in [6, 6.07) is 0.211. The average Bonchev–Trinajstić information content (AvgIpc) is 2.36. The Morgan fingerprint density at radius 1 is 1.67 bits per heavy atom. The molecule has 2 heterocycles. The van der Waals surface area contributed by atoms with Crippen molar-refractivity contribution >= 4 is 27.4 Å². The third kappa shape index (κ3) is 2.78. The standard InChI is InChI=1S/C11H14BrN3O3/c1-7-9(15(16)17)5-13-11(10(7)12)14-8-3-2-4-18-6-8/h5,8H,2-4,6H2,1H3,(H,13,14). The second-order valence-electron chi connectivity index (χ2n) is 4.25. The molecule has 98 valence electrons. The van der Waals surface area contributed by atoms with Gasteiger partial charge in [-0.25, -0.2) is 4.98 Å². The van der Waals surface area contributed by atoms with E-state index >= 15 is 0 Å². The Kier molecular flexibility index (Phi) is 4.13. The first-order valence-corrected chi connectivity index (χ1v) is 6.52. The Bertz CT molecular complexity index is 461. The van der Waals surface area contributed by atoms with Gasteiger partial charge in [-0.1, -0.05) is 0 Å². The number of rotatable bonds is 3. The summed E-state index contributed by atoms with van der Waals surface area (Å²) in [6.45, 7) is 3.14. The van der Waals surface area contributed by atoms with Crippen LogP contribution in [-0.2, 0) is 4.74 Å². The zero-order valence-electron chi connectivity index (χ0n) is 9.98. The van der Waals surface area contributed by atoms with Gasteiger partial charge in [-0.05, 0) is 35.7 Å². The van der Waals surface area contributed by atoms with E-state index in [9.17, 15) is 10.1 Å². The van der Waals surface area contributed by atoms with Gasteiger partial charge in [-0.3, -0.25) is 10.1 Å². The van der Waals surface area contributed by atoms with E-state index in [1.807, 2.05) is 0 Å². The second-order valence-corrected chi connectivity index (χ2v) is 5.04. The normalized spacial score (nSPS) is 19.6. The maximum absolute atomic E-state index is 10.8. The molecule has 0 saturated carbocycles. The number of nitrogens with zero attached hydrogens (tertiary/aromatic N) is 2. The quantitative estimate of drug-likeness (QED) is 0.685. The molecule has 0 bridgehead atoms. The molecule has 1 aliphatic rings. The van der Waals surface area contributed by atoms with Crippen LogP contribution in [0, 0.1) is 17.0 Å². The van der Waals surface area contributed by atoms with E-state index in [1.165, 1.54) is 6.20 Å². The minimum absolute atomic E-state index is 0.0207.